The highest BCUT2D eigenvalue weighted by molar-refractivity contribution is 6.59. The van der Waals surface area contributed by atoms with Gasteiger partial charge < -0.3 is 9.76 Å². The van der Waals surface area contributed by atoms with Gasteiger partial charge in [-0.1, -0.05) is 12.1 Å². The first-order valence-corrected chi connectivity index (χ1v) is 4.15. The minimum Gasteiger partial charge on any atom is -0.422 e. The fraction of sp³-hybridized carbons (Fsp3) is 0.250. The maximum absolute atomic E-state index is 11.9. The van der Waals surface area contributed by atoms with Gasteiger partial charge >= 0.3 is 13.5 Å². The molecule has 1 aromatic carbocycles. The van der Waals surface area contributed by atoms with Crippen LogP contribution < -0.4 is 10.2 Å². The summed E-state index contributed by atoms with van der Waals surface area (Å²) in [6.07, 6.45) is -4.77. The van der Waals surface area contributed by atoms with Crippen molar-refractivity contribution in [2.24, 2.45) is 0 Å². The Labute approximate surface area is 89.6 Å². The molecule has 0 bridgehead atoms. The summed E-state index contributed by atoms with van der Waals surface area (Å²) in [5.41, 5.74) is 0.0867. The van der Waals surface area contributed by atoms with Crippen molar-refractivity contribution >= 4 is 12.6 Å². The normalized spacial score (nSPS) is 11.3. The molecule has 0 atom stereocenters. The van der Waals surface area contributed by atoms with Crippen LogP contribution in [-0.4, -0.2) is 25.6 Å². The third-order valence-electron chi connectivity index (χ3n) is 1.56. The first-order valence-electron chi connectivity index (χ1n) is 4.15. The van der Waals surface area contributed by atoms with E-state index in [1.54, 1.807) is 0 Å². The lowest BCUT2D eigenvalue weighted by atomic mass is 9.80. The van der Waals surface area contributed by atoms with Gasteiger partial charge in [0.05, 0.1) is 7.11 Å². The molecule has 0 amide bonds. The minimum absolute atomic E-state index is 0.0867. The summed E-state index contributed by atoms with van der Waals surface area (Å²) in [5.74, 6) is -0.441. The average Bonchev–Trinajstić information content (AvgIpc) is 2.16. The molecule has 8 heteroatoms. The molecule has 16 heavy (non-hydrogen) atoms. The molecule has 0 fully saturated rings. The Kier molecular flexibility index (Phi) is 4.16. The van der Waals surface area contributed by atoms with Crippen LogP contribution in [-0.2, 0) is 9.69 Å². The lowest BCUT2D eigenvalue weighted by Crippen LogP contribution is -2.33. The number of hydrogen-bond acceptors (Lipinski definition) is 4. The molecule has 0 saturated heterocycles. The van der Waals surface area contributed by atoms with Gasteiger partial charge in [-0.15, -0.1) is 13.2 Å². The molecule has 1 N–H and O–H groups in total. The molecule has 4 nitrogen and oxygen atoms in total. The van der Waals surface area contributed by atoms with Crippen LogP contribution in [0.3, 0.4) is 0 Å². The molecule has 0 aliphatic rings. The van der Waals surface area contributed by atoms with Crippen LogP contribution in [0.1, 0.15) is 0 Å². The van der Waals surface area contributed by atoms with E-state index in [0.29, 0.717) is 0 Å². The number of alkyl halides is 3. The fourth-order valence-electron chi connectivity index (χ4n) is 1.01. The summed E-state index contributed by atoms with van der Waals surface area (Å²) in [6.45, 7) is 0. The summed E-state index contributed by atoms with van der Waals surface area (Å²) in [7, 11) is -0.305. The fourth-order valence-corrected chi connectivity index (χ4v) is 1.01. The monoisotopic (exact) mass is 236 g/mol. The Bertz CT molecular complexity index is 344. The van der Waals surface area contributed by atoms with Gasteiger partial charge in [-0.25, -0.2) is 0 Å². The van der Waals surface area contributed by atoms with Gasteiger partial charge in [-0.2, -0.15) is 0 Å². The van der Waals surface area contributed by atoms with Crippen LogP contribution in [0.15, 0.2) is 24.3 Å². The zero-order chi connectivity index (χ0) is 12.2. The Hall–Kier alpha value is -1.25. The summed E-state index contributed by atoms with van der Waals surface area (Å²) in [6, 6.07) is 4.76. The average molecular weight is 236 g/mol. The molecular formula is C8H8BF3O4. The van der Waals surface area contributed by atoms with Crippen molar-refractivity contribution in [3.63, 3.8) is 0 Å². The zero-order valence-electron chi connectivity index (χ0n) is 8.19. The van der Waals surface area contributed by atoms with E-state index in [9.17, 15) is 18.2 Å². The third kappa shape index (κ3) is 4.09. The number of hydrogen-bond donors (Lipinski definition) is 1. The molecule has 0 unspecified atom stereocenters. The molecule has 0 saturated carbocycles. The Morgan fingerprint density at radius 2 is 2.00 bits per heavy atom. The van der Waals surface area contributed by atoms with Crippen molar-refractivity contribution in [1.82, 2.24) is 0 Å². The van der Waals surface area contributed by atoms with E-state index in [-0.39, 0.29) is 5.46 Å². The van der Waals surface area contributed by atoms with E-state index < -0.39 is 19.2 Å². The third-order valence-corrected chi connectivity index (χ3v) is 1.56. The summed E-state index contributed by atoms with van der Waals surface area (Å²) >= 11 is 0. The van der Waals surface area contributed by atoms with Crippen molar-refractivity contribution in [2.75, 3.05) is 7.11 Å². The van der Waals surface area contributed by atoms with E-state index in [2.05, 4.69) is 14.4 Å². The summed E-state index contributed by atoms with van der Waals surface area (Å²) in [5, 5.41) is 9.26. The quantitative estimate of drug-likeness (QED) is 0.478. The standard InChI is InChI=1S/C8H8BF3O4/c1-14-16-9(13)6-3-2-4-7(5-6)15-8(10,11)12/h2-5,13H,1H3. The molecule has 0 aromatic heterocycles. The van der Waals surface area contributed by atoms with Crippen molar-refractivity contribution in [3.8, 4) is 5.75 Å². The lowest BCUT2D eigenvalue weighted by Gasteiger charge is -2.10. The second kappa shape index (κ2) is 5.19. The van der Waals surface area contributed by atoms with E-state index in [1.807, 2.05) is 0 Å². The largest absolute Gasteiger partial charge is 0.573 e. The summed E-state index contributed by atoms with van der Waals surface area (Å²) < 4.78 is 39.3. The molecule has 88 valence electrons. The van der Waals surface area contributed by atoms with Crippen molar-refractivity contribution in [2.45, 2.75) is 6.36 Å². The van der Waals surface area contributed by atoms with Crippen LogP contribution in [0.2, 0.25) is 0 Å². The number of halogens is 3. The zero-order valence-corrected chi connectivity index (χ0v) is 8.19. The topological polar surface area (TPSA) is 47.9 Å². The van der Waals surface area contributed by atoms with Crippen LogP contribution in [0.25, 0.3) is 0 Å². The van der Waals surface area contributed by atoms with Gasteiger partial charge in [0.15, 0.2) is 0 Å². The second-order valence-electron chi connectivity index (χ2n) is 2.74. The molecule has 1 aromatic rings. The highest BCUT2D eigenvalue weighted by Crippen LogP contribution is 2.21. The van der Waals surface area contributed by atoms with E-state index in [1.165, 1.54) is 19.2 Å². The van der Waals surface area contributed by atoms with E-state index in [4.69, 9.17) is 0 Å². The predicted molar refractivity (Wildman–Crippen MR) is 48.8 cm³/mol. The first-order chi connectivity index (χ1) is 7.42. The molecule has 0 radical (unpaired) electrons. The highest BCUT2D eigenvalue weighted by atomic mass is 19.4. The maximum Gasteiger partial charge on any atom is 0.573 e. The Morgan fingerprint density at radius 1 is 1.31 bits per heavy atom. The molecule has 1 rings (SSSR count). The van der Waals surface area contributed by atoms with Gasteiger partial charge in [0.25, 0.3) is 0 Å². The molecule has 0 heterocycles. The maximum atomic E-state index is 11.9. The Balaban J connectivity index is 2.78. The van der Waals surface area contributed by atoms with Gasteiger partial charge in [0.1, 0.15) is 5.75 Å². The molecule has 0 aliphatic carbocycles. The van der Waals surface area contributed by atoms with Gasteiger partial charge in [-0.05, 0) is 17.6 Å². The van der Waals surface area contributed by atoms with Crippen LogP contribution >= 0.6 is 0 Å². The smallest absolute Gasteiger partial charge is 0.422 e. The van der Waals surface area contributed by atoms with Crippen molar-refractivity contribution in [1.29, 1.82) is 0 Å². The molecule has 0 aliphatic heterocycles. The van der Waals surface area contributed by atoms with Gasteiger partial charge in [0, 0.05) is 0 Å². The minimum atomic E-state index is -4.77. The van der Waals surface area contributed by atoms with Crippen molar-refractivity contribution < 1.29 is 32.6 Å². The van der Waals surface area contributed by atoms with Crippen LogP contribution in [0.4, 0.5) is 13.2 Å². The number of ether oxygens (including phenoxy) is 1. The lowest BCUT2D eigenvalue weighted by molar-refractivity contribution is -0.274. The SMILES string of the molecule is COOB(O)c1cccc(OC(F)(F)F)c1. The number of benzene rings is 1. The van der Waals surface area contributed by atoms with E-state index >= 15 is 0 Å². The van der Waals surface area contributed by atoms with Gasteiger partial charge in [0.2, 0.25) is 0 Å². The first kappa shape index (κ1) is 12.8. The Morgan fingerprint density at radius 3 is 2.56 bits per heavy atom. The summed E-state index contributed by atoms with van der Waals surface area (Å²) in [4.78, 5) is 8.52. The van der Waals surface area contributed by atoms with Crippen LogP contribution in [0, 0.1) is 0 Å². The van der Waals surface area contributed by atoms with E-state index in [0.717, 1.165) is 12.1 Å². The van der Waals surface area contributed by atoms with Crippen molar-refractivity contribution in [3.05, 3.63) is 24.3 Å². The predicted octanol–water partition coefficient (Wildman–Crippen LogP) is 0.851. The van der Waals surface area contributed by atoms with Crippen LogP contribution in [0.5, 0.6) is 5.75 Å². The second-order valence-corrected chi connectivity index (χ2v) is 2.74. The highest BCUT2D eigenvalue weighted by Gasteiger charge is 2.31. The molecular weight excluding hydrogens is 228 g/mol. The number of rotatable bonds is 4. The van der Waals surface area contributed by atoms with Gasteiger partial charge in [-0.3, -0.25) is 9.69 Å². The molecule has 0 spiro atoms.